The maximum Gasteiger partial charge on any atom is 0.355 e. The van der Waals surface area contributed by atoms with Gasteiger partial charge in [-0.25, -0.2) is 14.4 Å². The molecule has 0 atom stereocenters. The lowest BCUT2D eigenvalue weighted by molar-refractivity contribution is -0.383. The molecule has 0 radical (unpaired) electrons. The summed E-state index contributed by atoms with van der Waals surface area (Å²) in [7, 11) is 1.32. The molecule has 1 saturated heterocycles. The first-order chi connectivity index (χ1) is 14.4. The average molecular weight is 418 g/mol. The average Bonchev–Trinajstić information content (AvgIpc) is 2.77. The zero-order valence-corrected chi connectivity index (χ0v) is 16.0. The van der Waals surface area contributed by atoms with Crippen LogP contribution in [0.2, 0.25) is 0 Å². The molecule has 0 saturated carbocycles. The number of methoxy groups -OCH3 is 1. The molecular weight excluding hydrogens is 399 g/mol. The minimum Gasteiger partial charge on any atom is -0.469 e. The Labute approximate surface area is 170 Å². The third-order valence-electron chi connectivity index (χ3n) is 4.72. The van der Waals surface area contributed by atoms with Crippen LogP contribution in [0.1, 0.15) is 23.2 Å². The number of nitrogens with zero attached hydrogens (tertiary/aromatic N) is 4. The topological polar surface area (TPSA) is 140 Å². The fraction of sp³-hybridized carbons (Fsp3) is 0.333. The lowest BCUT2D eigenvalue weighted by atomic mass is 9.97. The van der Waals surface area contributed by atoms with Crippen LogP contribution < -0.4 is 15.8 Å². The lowest BCUT2D eigenvalue weighted by Crippen LogP contribution is -2.38. The molecule has 1 aromatic carbocycles. The molecule has 2 aromatic rings. The number of hydrogen-bond acceptors (Lipinski definition) is 9. The Morgan fingerprint density at radius 3 is 2.50 bits per heavy atom. The molecule has 12 heteroatoms. The number of rotatable bonds is 6. The highest BCUT2D eigenvalue weighted by Crippen LogP contribution is 2.33. The Bertz CT molecular complexity index is 947. The highest BCUT2D eigenvalue weighted by atomic mass is 19.1. The first-order valence-electron chi connectivity index (χ1n) is 9.04. The van der Waals surface area contributed by atoms with Crippen molar-refractivity contribution in [2.75, 3.05) is 30.5 Å². The van der Waals surface area contributed by atoms with E-state index in [2.05, 4.69) is 20.8 Å². The molecule has 30 heavy (non-hydrogen) atoms. The summed E-state index contributed by atoms with van der Waals surface area (Å²) >= 11 is 0. The minimum atomic E-state index is -0.645. The van der Waals surface area contributed by atoms with Gasteiger partial charge in [0, 0.05) is 18.7 Å². The van der Waals surface area contributed by atoms with Gasteiger partial charge in [-0.15, -0.1) is 0 Å². The molecule has 0 spiro atoms. The number of carbonyl (C=O) groups excluding carboxylic acids is 2. The van der Waals surface area contributed by atoms with Crippen LogP contribution in [0, 0.1) is 21.8 Å². The molecule has 1 aliphatic rings. The number of nitro groups is 1. The molecular formula is C18H19FN6O5. The van der Waals surface area contributed by atoms with Crippen molar-refractivity contribution in [1.29, 1.82) is 0 Å². The van der Waals surface area contributed by atoms with E-state index in [9.17, 15) is 24.1 Å². The van der Waals surface area contributed by atoms with Gasteiger partial charge in [0.05, 0.1) is 18.0 Å². The van der Waals surface area contributed by atoms with Gasteiger partial charge in [-0.3, -0.25) is 30.6 Å². The van der Waals surface area contributed by atoms with Gasteiger partial charge in [0.2, 0.25) is 11.6 Å². The number of ether oxygens (including phenoxy) is 1. The van der Waals surface area contributed by atoms with Gasteiger partial charge in [-0.2, -0.15) is 0 Å². The summed E-state index contributed by atoms with van der Waals surface area (Å²) in [5.74, 6) is -1.81. The number of piperidine rings is 1. The fourth-order valence-corrected chi connectivity index (χ4v) is 3.14. The zero-order valence-electron chi connectivity index (χ0n) is 16.0. The van der Waals surface area contributed by atoms with Crippen LogP contribution in [0.3, 0.4) is 0 Å². The number of esters is 1. The largest absolute Gasteiger partial charge is 0.469 e. The van der Waals surface area contributed by atoms with Crippen LogP contribution in [0.25, 0.3) is 0 Å². The van der Waals surface area contributed by atoms with Crippen molar-refractivity contribution in [3.8, 4) is 0 Å². The van der Waals surface area contributed by atoms with Crippen LogP contribution in [-0.4, -0.2) is 47.0 Å². The van der Waals surface area contributed by atoms with Gasteiger partial charge >= 0.3 is 11.7 Å². The van der Waals surface area contributed by atoms with Gasteiger partial charge < -0.3 is 9.64 Å². The molecule has 0 bridgehead atoms. The molecule has 158 valence electrons. The van der Waals surface area contributed by atoms with E-state index in [4.69, 9.17) is 4.74 Å². The molecule has 1 aromatic heterocycles. The third kappa shape index (κ3) is 4.59. The number of hydrazine groups is 1. The van der Waals surface area contributed by atoms with E-state index in [-0.39, 0.29) is 29.1 Å². The number of benzene rings is 1. The second-order valence-electron chi connectivity index (χ2n) is 6.52. The number of halogens is 1. The number of amides is 1. The van der Waals surface area contributed by atoms with Crippen molar-refractivity contribution in [2.45, 2.75) is 12.8 Å². The van der Waals surface area contributed by atoms with Gasteiger partial charge in [0.1, 0.15) is 12.1 Å². The molecule has 1 aliphatic heterocycles. The standard InChI is InChI=1S/C18H19FN6O5/c1-30-18(27)12-6-8-24(9-7-12)16-14(25(28)29)15(20-10-21-16)22-23-17(26)11-2-4-13(19)5-3-11/h2-5,10,12H,6-9H2,1H3,(H,23,26)(H,20,21,22). The monoisotopic (exact) mass is 418 g/mol. The molecule has 2 heterocycles. The Morgan fingerprint density at radius 1 is 1.23 bits per heavy atom. The predicted molar refractivity (Wildman–Crippen MR) is 103 cm³/mol. The summed E-state index contributed by atoms with van der Waals surface area (Å²) < 4.78 is 17.7. The number of nitrogens with one attached hydrogen (secondary N) is 2. The number of aromatic nitrogens is 2. The van der Waals surface area contributed by atoms with Crippen LogP contribution in [-0.2, 0) is 9.53 Å². The van der Waals surface area contributed by atoms with E-state index >= 15 is 0 Å². The molecule has 0 aliphatic carbocycles. The van der Waals surface area contributed by atoms with E-state index in [0.29, 0.717) is 25.9 Å². The maximum atomic E-state index is 13.0. The van der Waals surface area contributed by atoms with E-state index < -0.39 is 22.3 Å². The zero-order chi connectivity index (χ0) is 21.7. The third-order valence-corrected chi connectivity index (χ3v) is 4.72. The minimum absolute atomic E-state index is 0.0804. The molecule has 1 amide bonds. The first kappa shape index (κ1) is 20.9. The summed E-state index contributed by atoms with van der Waals surface area (Å²) in [6.45, 7) is 0.748. The second-order valence-corrected chi connectivity index (χ2v) is 6.52. The molecule has 1 fully saturated rings. The Balaban J connectivity index is 1.75. The van der Waals surface area contributed by atoms with E-state index in [0.717, 1.165) is 18.5 Å². The fourth-order valence-electron chi connectivity index (χ4n) is 3.14. The van der Waals surface area contributed by atoms with Crippen LogP contribution >= 0.6 is 0 Å². The maximum absolute atomic E-state index is 13.0. The predicted octanol–water partition coefficient (Wildman–Crippen LogP) is 1.67. The first-order valence-corrected chi connectivity index (χ1v) is 9.04. The number of hydrogen-bond donors (Lipinski definition) is 2. The van der Waals surface area contributed by atoms with E-state index in [1.165, 1.54) is 19.2 Å². The summed E-state index contributed by atoms with van der Waals surface area (Å²) in [5.41, 5.74) is 4.49. The van der Waals surface area contributed by atoms with Crippen molar-refractivity contribution in [1.82, 2.24) is 15.4 Å². The number of carbonyl (C=O) groups is 2. The smallest absolute Gasteiger partial charge is 0.355 e. The van der Waals surface area contributed by atoms with Crippen molar-refractivity contribution in [3.05, 3.63) is 52.1 Å². The van der Waals surface area contributed by atoms with Gasteiger partial charge in [0.15, 0.2) is 0 Å². The summed E-state index contributed by atoms with van der Waals surface area (Å²) in [5, 5.41) is 11.7. The quantitative estimate of drug-likeness (QED) is 0.407. The van der Waals surface area contributed by atoms with Gasteiger partial charge in [0.25, 0.3) is 5.91 Å². The van der Waals surface area contributed by atoms with E-state index in [1.807, 2.05) is 0 Å². The van der Waals surface area contributed by atoms with Gasteiger partial charge in [-0.05, 0) is 37.1 Å². The van der Waals surface area contributed by atoms with Crippen LogP contribution in [0.5, 0.6) is 0 Å². The highest BCUT2D eigenvalue weighted by molar-refractivity contribution is 5.95. The SMILES string of the molecule is COC(=O)C1CCN(c2ncnc(NNC(=O)c3ccc(F)cc3)c2[N+](=O)[O-])CC1. The van der Waals surface area contributed by atoms with Crippen molar-refractivity contribution >= 4 is 29.2 Å². The van der Waals surface area contributed by atoms with Gasteiger partial charge in [-0.1, -0.05) is 0 Å². The molecule has 11 nitrogen and oxygen atoms in total. The van der Waals surface area contributed by atoms with Crippen molar-refractivity contribution < 1.29 is 23.6 Å². The Morgan fingerprint density at radius 2 is 1.90 bits per heavy atom. The van der Waals surface area contributed by atoms with Crippen molar-refractivity contribution in [2.24, 2.45) is 5.92 Å². The summed E-state index contributed by atoms with van der Waals surface area (Å²) in [6.07, 6.45) is 2.08. The summed E-state index contributed by atoms with van der Waals surface area (Å²) in [4.78, 5) is 44.5. The molecule has 0 unspecified atom stereocenters. The van der Waals surface area contributed by atoms with E-state index in [1.54, 1.807) is 4.90 Å². The Hall–Kier alpha value is -3.83. The summed E-state index contributed by atoms with van der Waals surface area (Å²) in [6, 6.07) is 4.80. The highest BCUT2D eigenvalue weighted by Gasteiger charge is 2.32. The normalized spacial score (nSPS) is 14.1. The van der Waals surface area contributed by atoms with Crippen LogP contribution in [0.4, 0.5) is 21.7 Å². The van der Waals surface area contributed by atoms with Crippen LogP contribution in [0.15, 0.2) is 30.6 Å². The Kier molecular flexibility index (Phi) is 6.35. The van der Waals surface area contributed by atoms with Crippen molar-refractivity contribution in [3.63, 3.8) is 0 Å². The second kappa shape index (κ2) is 9.11. The molecule has 2 N–H and O–H groups in total. The lowest BCUT2D eigenvalue weighted by Gasteiger charge is -2.31. The number of anilines is 2. The molecule has 3 rings (SSSR count).